The van der Waals surface area contributed by atoms with E-state index in [0.29, 0.717) is 6.04 Å². The number of aryl methyl sites for hydroxylation is 1. The number of aromatic nitrogens is 4. The molecule has 102 valence electrons. The summed E-state index contributed by atoms with van der Waals surface area (Å²) in [7, 11) is 0. The minimum absolute atomic E-state index is 0.613. The summed E-state index contributed by atoms with van der Waals surface area (Å²) in [6.07, 6.45) is 8.19. The van der Waals surface area contributed by atoms with E-state index in [2.05, 4.69) is 43.6 Å². The minimum atomic E-state index is 0.613. The Morgan fingerprint density at radius 1 is 1.42 bits per heavy atom. The lowest BCUT2D eigenvalue weighted by atomic mass is 10.3. The van der Waals surface area contributed by atoms with Crippen molar-refractivity contribution in [1.82, 2.24) is 19.1 Å². The summed E-state index contributed by atoms with van der Waals surface area (Å²) in [5.74, 6) is 0.906. The second-order valence-corrected chi connectivity index (χ2v) is 5.70. The van der Waals surface area contributed by atoms with Crippen LogP contribution < -0.4 is 5.32 Å². The molecule has 3 rings (SSSR count). The van der Waals surface area contributed by atoms with Gasteiger partial charge in [-0.05, 0) is 18.9 Å². The summed E-state index contributed by atoms with van der Waals surface area (Å²) in [4.78, 5) is 4.39. The molecule has 5 nitrogen and oxygen atoms in total. The SMILES string of the molecule is CCc1nsc(NCc2ccn(C3CCCC3)n2)n1. The monoisotopic (exact) mass is 277 g/mol. The lowest BCUT2D eigenvalue weighted by Crippen LogP contribution is -2.07. The van der Waals surface area contributed by atoms with Crippen LogP contribution in [-0.4, -0.2) is 19.1 Å². The Labute approximate surface area is 117 Å². The van der Waals surface area contributed by atoms with Gasteiger partial charge in [0.2, 0.25) is 5.13 Å². The third-order valence-electron chi connectivity index (χ3n) is 3.57. The standard InChI is InChI=1S/C13H19N5S/c1-2-12-15-13(19-17-12)14-9-10-7-8-18(16-10)11-5-3-4-6-11/h7-8,11H,2-6,9H2,1H3,(H,14,15,17). The maximum absolute atomic E-state index is 4.64. The first-order valence-corrected chi connectivity index (χ1v) is 7.73. The van der Waals surface area contributed by atoms with Crippen LogP contribution in [0.15, 0.2) is 12.3 Å². The molecule has 0 aromatic carbocycles. The number of rotatable bonds is 5. The highest BCUT2D eigenvalue weighted by molar-refractivity contribution is 7.09. The molecule has 2 aromatic rings. The Bertz CT molecular complexity index is 527. The van der Waals surface area contributed by atoms with Crippen LogP contribution in [0.5, 0.6) is 0 Å². The molecule has 0 spiro atoms. The molecule has 1 fully saturated rings. The zero-order valence-corrected chi connectivity index (χ0v) is 12.0. The van der Waals surface area contributed by atoms with Gasteiger partial charge in [-0.3, -0.25) is 4.68 Å². The lowest BCUT2D eigenvalue weighted by molar-refractivity contribution is 0.463. The molecule has 0 atom stereocenters. The second-order valence-electron chi connectivity index (χ2n) is 4.95. The fraction of sp³-hybridized carbons (Fsp3) is 0.615. The summed E-state index contributed by atoms with van der Waals surface area (Å²) in [5.41, 5.74) is 1.07. The van der Waals surface area contributed by atoms with E-state index in [1.165, 1.54) is 37.2 Å². The Balaban J connectivity index is 1.57. The zero-order valence-electron chi connectivity index (χ0n) is 11.2. The largest absolute Gasteiger partial charge is 0.355 e. The van der Waals surface area contributed by atoms with Crippen LogP contribution >= 0.6 is 11.5 Å². The van der Waals surface area contributed by atoms with Crippen molar-refractivity contribution in [2.24, 2.45) is 0 Å². The van der Waals surface area contributed by atoms with Crippen LogP contribution in [0.4, 0.5) is 5.13 Å². The first-order valence-electron chi connectivity index (χ1n) is 6.95. The number of hydrogen-bond donors (Lipinski definition) is 1. The number of hydrogen-bond acceptors (Lipinski definition) is 5. The summed E-state index contributed by atoms with van der Waals surface area (Å²) >= 11 is 1.42. The van der Waals surface area contributed by atoms with Crippen LogP contribution in [0, 0.1) is 0 Å². The van der Waals surface area contributed by atoms with Gasteiger partial charge in [-0.1, -0.05) is 19.8 Å². The number of nitrogens with zero attached hydrogens (tertiary/aromatic N) is 4. The van der Waals surface area contributed by atoms with Gasteiger partial charge in [-0.25, -0.2) is 4.98 Å². The highest BCUT2D eigenvalue weighted by Gasteiger charge is 2.17. The molecule has 1 N–H and O–H groups in total. The van der Waals surface area contributed by atoms with Crippen molar-refractivity contribution in [2.75, 3.05) is 5.32 Å². The van der Waals surface area contributed by atoms with E-state index in [4.69, 9.17) is 0 Å². The van der Waals surface area contributed by atoms with Crippen LogP contribution in [0.25, 0.3) is 0 Å². The molecule has 0 aliphatic heterocycles. The molecular weight excluding hydrogens is 258 g/mol. The fourth-order valence-electron chi connectivity index (χ4n) is 2.48. The topological polar surface area (TPSA) is 55.6 Å². The molecule has 1 aliphatic rings. The molecule has 19 heavy (non-hydrogen) atoms. The third kappa shape index (κ3) is 2.94. The molecule has 0 unspecified atom stereocenters. The molecular formula is C13H19N5S. The van der Waals surface area contributed by atoms with Crippen molar-refractivity contribution in [2.45, 2.75) is 51.6 Å². The maximum atomic E-state index is 4.64. The van der Waals surface area contributed by atoms with E-state index in [9.17, 15) is 0 Å². The van der Waals surface area contributed by atoms with Gasteiger partial charge in [-0.2, -0.15) is 9.47 Å². The van der Waals surface area contributed by atoms with Gasteiger partial charge in [0.15, 0.2) is 0 Å². The molecule has 1 aliphatic carbocycles. The van der Waals surface area contributed by atoms with E-state index < -0.39 is 0 Å². The zero-order chi connectivity index (χ0) is 13.1. The molecule has 0 amide bonds. The molecule has 0 saturated heterocycles. The Hall–Kier alpha value is -1.43. The predicted octanol–water partition coefficient (Wildman–Crippen LogP) is 3.02. The summed E-state index contributed by atoms with van der Waals surface area (Å²) < 4.78 is 6.38. The van der Waals surface area contributed by atoms with Gasteiger partial charge in [0, 0.05) is 24.2 Å². The van der Waals surface area contributed by atoms with E-state index in [1.54, 1.807) is 0 Å². The van der Waals surface area contributed by atoms with Crippen LogP contribution in [-0.2, 0) is 13.0 Å². The van der Waals surface area contributed by atoms with Crippen molar-refractivity contribution >= 4 is 16.7 Å². The molecule has 1 saturated carbocycles. The summed E-state index contributed by atoms with van der Waals surface area (Å²) in [5, 5.41) is 8.82. The first-order chi connectivity index (χ1) is 9.35. The van der Waals surface area contributed by atoms with Crippen molar-refractivity contribution in [1.29, 1.82) is 0 Å². The van der Waals surface area contributed by atoms with Crippen LogP contribution in [0.2, 0.25) is 0 Å². The van der Waals surface area contributed by atoms with Crippen molar-refractivity contribution in [3.63, 3.8) is 0 Å². The van der Waals surface area contributed by atoms with Gasteiger partial charge in [0.25, 0.3) is 0 Å². The predicted molar refractivity (Wildman–Crippen MR) is 76.3 cm³/mol. The normalized spacial score (nSPS) is 16.1. The van der Waals surface area contributed by atoms with E-state index in [1.807, 2.05) is 0 Å². The molecule has 6 heteroatoms. The Morgan fingerprint density at radius 3 is 3.00 bits per heavy atom. The highest BCUT2D eigenvalue weighted by Crippen LogP contribution is 2.28. The van der Waals surface area contributed by atoms with Crippen molar-refractivity contribution < 1.29 is 0 Å². The van der Waals surface area contributed by atoms with Crippen molar-refractivity contribution in [3.8, 4) is 0 Å². The quantitative estimate of drug-likeness (QED) is 0.912. The fourth-order valence-corrected chi connectivity index (χ4v) is 3.12. The van der Waals surface area contributed by atoms with E-state index >= 15 is 0 Å². The van der Waals surface area contributed by atoms with Gasteiger partial charge in [0.05, 0.1) is 18.3 Å². The number of anilines is 1. The molecule has 0 bridgehead atoms. The number of nitrogens with one attached hydrogen (secondary N) is 1. The maximum Gasteiger partial charge on any atom is 0.202 e. The van der Waals surface area contributed by atoms with Gasteiger partial charge < -0.3 is 5.32 Å². The highest BCUT2D eigenvalue weighted by atomic mass is 32.1. The molecule has 2 aromatic heterocycles. The second kappa shape index (κ2) is 5.69. The molecule has 2 heterocycles. The van der Waals surface area contributed by atoms with Gasteiger partial charge in [-0.15, -0.1) is 0 Å². The minimum Gasteiger partial charge on any atom is -0.355 e. The summed E-state index contributed by atoms with van der Waals surface area (Å²) in [6.45, 7) is 2.78. The Kier molecular flexibility index (Phi) is 3.77. The van der Waals surface area contributed by atoms with Crippen molar-refractivity contribution in [3.05, 3.63) is 23.8 Å². The molecule has 0 radical (unpaired) electrons. The smallest absolute Gasteiger partial charge is 0.202 e. The van der Waals surface area contributed by atoms with E-state index in [0.717, 1.165) is 29.6 Å². The average Bonchev–Trinajstić information content (AvgIpc) is 3.16. The van der Waals surface area contributed by atoms with Crippen LogP contribution in [0.3, 0.4) is 0 Å². The van der Waals surface area contributed by atoms with Gasteiger partial charge >= 0.3 is 0 Å². The third-order valence-corrected chi connectivity index (χ3v) is 4.28. The van der Waals surface area contributed by atoms with Gasteiger partial charge in [0.1, 0.15) is 5.82 Å². The van der Waals surface area contributed by atoms with Crippen LogP contribution in [0.1, 0.15) is 50.2 Å². The average molecular weight is 277 g/mol. The Morgan fingerprint density at radius 2 is 2.26 bits per heavy atom. The van der Waals surface area contributed by atoms with E-state index in [-0.39, 0.29) is 0 Å². The summed E-state index contributed by atoms with van der Waals surface area (Å²) in [6, 6.07) is 2.70. The first kappa shape index (κ1) is 12.6. The lowest BCUT2D eigenvalue weighted by Gasteiger charge is -2.08.